The molecule has 0 unspecified atom stereocenters. The molecule has 386 valence electrons. The Morgan fingerprint density at radius 3 is 2.47 bits per heavy atom. The maximum atomic E-state index is 14.8. The van der Waals surface area contributed by atoms with Crippen LogP contribution in [0, 0.1) is 23.2 Å². The molecule has 0 radical (unpaired) electrons. The molecule has 5 amide bonds. The molecule has 7 rings (SSSR count). The fourth-order valence-corrected chi connectivity index (χ4v) is 9.86. The smallest absolute Gasteiger partial charge is 0.324 e. The van der Waals surface area contributed by atoms with Crippen LogP contribution >= 0.6 is 0 Å². The van der Waals surface area contributed by atoms with Crippen molar-refractivity contribution in [3.8, 4) is 34.4 Å². The van der Waals surface area contributed by atoms with E-state index < -0.39 is 52.9 Å². The fourth-order valence-electron chi connectivity index (χ4n) is 9.86. The van der Waals surface area contributed by atoms with Crippen LogP contribution in [0.2, 0.25) is 0 Å². The zero-order valence-electron chi connectivity index (χ0n) is 44.3. The number of methoxy groups -OCH3 is 1. The van der Waals surface area contributed by atoms with Crippen LogP contribution in [-0.4, -0.2) is 154 Å². The lowest BCUT2D eigenvalue weighted by Gasteiger charge is -2.40. The van der Waals surface area contributed by atoms with E-state index in [4.69, 9.17) is 19.4 Å². The molecular formula is C55H74N10O7. The van der Waals surface area contributed by atoms with Crippen LogP contribution in [0.4, 0.5) is 4.79 Å². The summed E-state index contributed by atoms with van der Waals surface area (Å²) < 4.78 is 14.3. The van der Waals surface area contributed by atoms with Crippen LogP contribution in [-0.2, 0) is 48.0 Å². The molecule has 0 spiro atoms. The van der Waals surface area contributed by atoms with E-state index in [2.05, 4.69) is 72.2 Å². The minimum absolute atomic E-state index is 0.0164. The summed E-state index contributed by atoms with van der Waals surface area (Å²) >= 11 is 0. The van der Waals surface area contributed by atoms with Gasteiger partial charge in [0.15, 0.2) is 0 Å². The number of hydrogen-bond donors (Lipinski definition) is 2. The van der Waals surface area contributed by atoms with E-state index in [9.17, 15) is 24.0 Å². The molecule has 6 bridgehead atoms. The molecule has 6 heterocycles. The number of aromatic nitrogens is 3. The quantitative estimate of drug-likeness (QED) is 0.148. The van der Waals surface area contributed by atoms with Crippen molar-refractivity contribution in [3.63, 3.8) is 0 Å². The Labute approximate surface area is 424 Å². The first-order valence-corrected chi connectivity index (χ1v) is 25.3. The van der Waals surface area contributed by atoms with Gasteiger partial charge in [-0.05, 0) is 121 Å². The Balaban J connectivity index is 1.24. The number of carbonyl (C=O) groups excluding carboxylic acids is 5. The third kappa shape index (κ3) is 11.6. The van der Waals surface area contributed by atoms with Crippen molar-refractivity contribution >= 4 is 40.6 Å². The lowest BCUT2D eigenvalue weighted by molar-refractivity contribution is -0.155. The number of amides is 5. The van der Waals surface area contributed by atoms with Crippen LogP contribution in [0.1, 0.15) is 97.7 Å². The Morgan fingerprint density at radius 2 is 1.76 bits per heavy atom. The highest BCUT2D eigenvalue weighted by Gasteiger charge is 2.39. The lowest BCUT2D eigenvalue weighted by Crippen LogP contribution is -2.63. The Bertz CT molecular complexity index is 2740. The lowest BCUT2D eigenvalue weighted by atomic mass is 9.84. The van der Waals surface area contributed by atoms with Crippen LogP contribution < -0.4 is 10.7 Å². The number of benzene rings is 1. The van der Waals surface area contributed by atoms with E-state index in [0.717, 1.165) is 39.0 Å². The summed E-state index contributed by atoms with van der Waals surface area (Å²) in [7, 11) is 7.04. The topological polar surface area (TPSA) is 175 Å². The molecule has 3 aliphatic heterocycles. The summed E-state index contributed by atoms with van der Waals surface area (Å²) in [5.74, 6) is 3.61. The predicted molar refractivity (Wildman–Crippen MR) is 277 cm³/mol. The van der Waals surface area contributed by atoms with Gasteiger partial charge in [-0.3, -0.25) is 39.1 Å². The average molecular weight is 987 g/mol. The first-order valence-electron chi connectivity index (χ1n) is 25.3. The molecule has 4 aromatic rings. The van der Waals surface area contributed by atoms with Crippen molar-refractivity contribution in [2.45, 2.75) is 124 Å². The van der Waals surface area contributed by atoms with Crippen molar-refractivity contribution in [1.29, 1.82) is 0 Å². The van der Waals surface area contributed by atoms with Gasteiger partial charge in [-0.2, -0.15) is 0 Å². The Hall–Kier alpha value is -6.35. The number of hydrogen-bond acceptors (Lipinski definition) is 11. The number of likely N-dealkylation sites (N-methyl/N-ethyl adjacent to an activating group) is 1. The molecule has 17 heteroatoms. The number of cyclic esters (lactones) is 1. The van der Waals surface area contributed by atoms with Crippen LogP contribution in [0.5, 0.6) is 0 Å². The van der Waals surface area contributed by atoms with Crippen LogP contribution in [0.3, 0.4) is 0 Å². The van der Waals surface area contributed by atoms with Gasteiger partial charge in [-0.15, -0.1) is 0 Å². The normalized spacial score (nSPS) is 19.6. The highest BCUT2D eigenvalue weighted by atomic mass is 16.5. The van der Waals surface area contributed by atoms with Crippen molar-refractivity contribution in [1.82, 2.24) is 49.9 Å². The number of pyridine rings is 2. The molecule has 1 aromatic carbocycles. The van der Waals surface area contributed by atoms with Gasteiger partial charge in [0.25, 0.3) is 11.8 Å². The number of hydrazine groups is 1. The number of ether oxygens (including phenoxy) is 2. The zero-order chi connectivity index (χ0) is 52.2. The average Bonchev–Trinajstić information content (AvgIpc) is 3.67. The van der Waals surface area contributed by atoms with Gasteiger partial charge in [0.2, 0.25) is 5.91 Å². The maximum Gasteiger partial charge on any atom is 0.324 e. The number of nitrogens with zero attached hydrogens (tertiary/aromatic N) is 8. The number of carbonyl (C=O) groups is 5. The van der Waals surface area contributed by atoms with Crippen molar-refractivity contribution in [2.24, 2.45) is 11.3 Å². The number of esters is 1. The molecule has 3 aromatic heterocycles. The highest BCUT2D eigenvalue weighted by molar-refractivity contribution is 5.96. The molecule has 17 nitrogen and oxygen atoms in total. The zero-order valence-corrected chi connectivity index (χ0v) is 44.3. The molecule has 4 atom stereocenters. The van der Waals surface area contributed by atoms with Crippen LogP contribution in [0.25, 0.3) is 33.4 Å². The largest absolute Gasteiger partial charge is 0.464 e. The number of rotatable bonds is 9. The molecular weight excluding hydrogens is 913 g/mol. The molecule has 2 saturated heterocycles. The number of fused-ring (bicyclic) bond motifs is 6. The standard InChI is InChI=1S/C55H74N10O7/c1-13-64-45-23-22-37-30-40(45)41(49(64)39-19-15-26-56-47(39)36(4)71-12)32-54(5,6)33-72-52(69)43-21-16-29-65(59-43)51(68)44(31-38-18-14-20-42(37)57-38)58-50(67)48(35(2)3)61(11)53(70)63-28-17-27-62(34-63)46(66)24-25-55(7,8)60(9)10/h14-15,18-20,22-23,26,30,35-36,43-44,48,59H,13,16-17,21,27-29,31-34H2,1-12H3,(H,58,67)/t36-,43-,44-,48-/m0/s1. The number of aryl methyl sites for hydroxylation is 1. The molecule has 0 saturated carbocycles. The van der Waals surface area contributed by atoms with Gasteiger partial charge < -0.3 is 34.1 Å². The fraction of sp³-hybridized carbons (Fsp3) is 0.545. The molecule has 0 aliphatic carbocycles. The van der Waals surface area contributed by atoms with Gasteiger partial charge in [0.05, 0.1) is 42.0 Å². The van der Waals surface area contributed by atoms with Crippen molar-refractivity contribution in [2.75, 3.05) is 61.2 Å². The minimum atomic E-state index is -1.14. The minimum Gasteiger partial charge on any atom is -0.464 e. The van der Waals surface area contributed by atoms with Gasteiger partial charge >= 0.3 is 12.0 Å². The van der Waals surface area contributed by atoms with E-state index in [1.165, 1.54) is 9.91 Å². The van der Waals surface area contributed by atoms with E-state index >= 15 is 0 Å². The van der Waals surface area contributed by atoms with Gasteiger partial charge in [-0.1, -0.05) is 45.7 Å². The van der Waals surface area contributed by atoms with E-state index in [1.807, 2.05) is 77.9 Å². The third-order valence-corrected chi connectivity index (χ3v) is 14.4. The molecule has 2 fully saturated rings. The summed E-state index contributed by atoms with van der Waals surface area (Å²) in [6, 6.07) is 12.7. The SMILES string of the molecule is CCn1c(-c2cccnc2[C@H](C)OC)c2c3cc(ccc31)-c1cccc(n1)C[C@H](NC(=O)[C@H](C(C)C)N(C)C(=O)N1CCCN(C(=O)C#CC(C)(C)N(C)C)C1)C(=O)N1CCC[C@H](N1)C(=O)OCC(C)(C)C2. The molecule has 2 N–H and O–H groups in total. The summed E-state index contributed by atoms with van der Waals surface area (Å²) in [6.45, 7) is 17.8. The third-order valence-electron chi connectivity index (χ3n) is 14.4. The van der Waals surface area contributed by atoms with Crippen molar-refractivity contribution in [3.05, 3.63) is 71.7 Å². The predicted octanol–water partition coefficient (Wildman–Crippen LogP) is 6.05. The maximum absolute atomic E-state index is 14.8. The van der Waals surface area contributed by atoms with Gasteiger partial charge in [-0.25, -0.2) is 10.2 Å². The Morgan fingerprint density at radius 1 is 1.01 bits per heavy atom. The van der Waals surface area contributed by atoms with Gasteiger partial charge in [0, 0.05) is 86.1 Å². The first kappa shape index (κ1) is 53.4. The van der Waals surface area contributed by atoms with E-state index in [-0.39, 0.29) is 37.6 Å². The second kappa shape index (κ2) is 22.2. The van der Waals surface area contributed by atoms with E-state index in [0.29, 0.717) is 63.3 Å². The molecule has 72 heavy (non-hydrogen) atoms. The Kier molecular flexibility index (Phi) is 16.5. The second-order valence-corrected chi connectivity index (χ2v) is 21.3. The summed E-state index contributed by atoms with van der Waals surface area (Å²) in [6.07, 6.45) is 3.61. The summed E-state index contributed by atoms with van der Waals surface area (Å²) in [4.78, 5) is 87.4. The monoisotopic (exact) mass is 987 g/mol. The number of nitrogens with one attached hydrogen (secondary N) is 2. The van der Waals surface area contributed by atoms with Crippen LogP contribution in [0.15, 0.2) is 54.7 Å². The number of urea groups is 1. The summed E-state index contributed by atoms with van der Waals surface area (Å²) in [5.41, 5.74) is 9.14. The molecule has 3 aliphatic rings. The summed E-state index contributed by atoms with van der Waals surface area (Å²) in [5, 5.41) is 5.47. The highest BCUT2D eigenvalue weighted by Crippen LogP contribution is 2.42. The second-order valence-electron chi connectivity index (χ2n) is 21.3. The van der Waals surface area contributed by atoms with E-state index in [1.54, 1.807) is 30.2 Å². The van der Waals surface area contributed by atoms with Gasteiger partial charge in [0.1, 0.15) is 18.1 Å². The first-order chi connectivity index (χ1) is 34.1. The van der Waals surface area contributed by atoms with Crippen molar-refractivity contribution < 1.29 is 33.4 Å².